The summed E-state index contributed by atoms with van der Waals surface area (Å²) in [5.74, 6) is 0.0959. The zero-order valence-electron chi connectivity index (χ0n) is 10.6. The lowest BCUT2D eigenvalue weighted by atomic mass is 10.1. The molecule has 1 aliphatic rings. The lowest BCUT2D eigenvalue weighted by molar-refractivity contribution is -0.137. The van der Waals surface area contributed by atoms with Gasteiger partial charge in [-0.3, -0.25) is 9.78 Å². The number of hydrogen-bond donors (Lipinski definition) is 1. The van der Waals surface area contributed by atoms with Crippen molar-refractivity contribution < 1.29 is 9.53 Å². The van der Waals surface area contributed by atoms with Gasteiger partial charge < -0.3 is 15.4 Å². The van der Waals surface area contributed by atoms with E-state index in [1.807, 2.05) is 24.0 Å². The second-order valence-corrected chi connectivity index (χ2v) is 4.51. The average molecular weight is 249 g/mol. The van der Waals surface area contributed by atoms with Crippen LogP contribution in [-0.2, 0) is 16.0 Å². The molecular weight excluding hydrogens is 230 g/mol. The number of carbonyl (C=O) groups is 1. The van der Waals surface area contributed by atoms with Gasteiger partial charge in [0.05, 0.1) is 24.8 Å². The number of nitrogens with two attached hydrogens (primary N) is 1. The minimum Gasteiger partial charge on any atom is -0.373 e. The normalized spacial score (nSPS) is 19.9. The first kappa shape index (κ1) is 13.0. The summed E-state index contributed by atoms with van der Waals surface area (Å²) in [6.07, 6.45) is 2.04. The summed E-state index contributed by atoms with van der Waals surface area (Å²) in [4.78, 5) is 18.2. The Balaban J connectivity index is 1.97. The summed E-state index contributed by atoms with van der Waals surface area (Å²) in [7, 11) is 0. The predicted octanol–water partition coefficient (Wildman–Crippen LogP) is 0.119. The van der Waals surface area contributed by atoms with Gasteiger partial charge in [0.2, 0.25) is 5.91 Å². The maximum atomic E-state index is 12.2. The summed E-state index contributed by atoms with van der Waals surface area (Å²) in [6.45, 7) is 4.21. The first-order valence-corrected chi connectivity index (χ1v) is 6.20. The van der Waals surface area contributed by atoms with Gasteiger partial charge in [0, 0.05) is 25.8 Å². The number of hydrogen-bond acceptors (Lipinski definition) is 4. The van der Waals surface area contributed by atoms with Gasteiger partial charge in [-0.2, -0.15) is 0 Å². The molecule has 1 atom stereocenters. The van der Waals surface area contributed by atoms with E-state index in [-0.39, 0.29) is 12.0 Å². The Labute approximate surface area is 107 Å². The van der Waals surface area contributed by atoms with Gasteiger partial charge in [-0.1, -0.05) is 6.07 Å². The number of nitrogens with zero attached hydrogens (tertiary/aromatic N) is 2. The van der Waals surface area contributed by atoms with Crippen LogP contribution in [0.2, 0.25) is 0 Å². The highest BCUT2D eigenvalue weighted by molar-refractivity contribution is 5.78. The first-order chi connectivity index (χ1) is 8.70. The van der Waals surface area contributed by atoms with Crippen LogP contribution in [0.5, 0.6) is 0 Å². The molecule has 1 amide bonds. The van der Waals surface area contributed by atoms with E-state index in [9.17, 15) is 4.79 Å². The van der Waals surface area contributed by atoms with E-state index in [1.165, 1.54) is 0 Å². The van der Waals surface area contributed by atoms with Gasteiger partial charge >= 0.3 is 0 Å². The van der Waals surface area contributed by atoms with Crippen molar-refractivity contribution in [3.05, 3.63) is 29.6 Å². The molecule has 5 nitrogen and oxygen atoms in total. The summed E-state index contributed by atoms with van der Waals surface area (Å²) in [5, 5.41) is 0. The zero-order chi connectivity index (χ0) is 13.0. The third kappa shape index (κ3) is 3.05. The van der Waals surface area contributed by atoms with Crippen molar-refractivity contribution in [1.82, 2.24) is 9.88 Å². The van der Waals surface area contributed by atoms with Crippen LogP contribution >= 0.6 is 0 Å². The van der Waals surface area contributed by atoms with Crippen molar-refractivity contribution in [1.29, 1.82) is 0 Å². The summed E-state index contributed by atoms with van der Waals surface area (Å²) in [5.41, 5.74) is 7.46. The quantitative estimate of drug-likeness (QED) is 0.826. The SMILES string of the molecule is Cc1cccnc1CC(=O)N1CCOC(CN)C1. The van der Waals surface area contributed by atoms with Crippen molar-refractivity contribution in [2.45, 2.75) is 19.4 Å². The van der Waals surface area contributed by atoms with Crippen LogP contribution in [0.25, 0.3) is 0 Å². The molecule has 0 bridgehead atoms. The maximum absolute atomic E-state index is 12.2. The molecular formula is C13H19N3O2. The molecule has 1 fully saturated rings. The highest BCUT2D eigenvalue weighted by Crippen LogP contribution is 2.09. The van der Waals surface area contributed by atoms with Crippen molar-refractivity contribution in [2.24, 2.45) is 5.73 Å². The second-order valence-electron chi connectivity index (χ2n) is 4.51. The third-order valence-corrected chi connectivity index (χ3v) is 3.19. The molecule has 1 aromatic heterocycles. The number of aryl methyl sites for hydroxylation is 1. The molecule has 0 saturated carbocycles. The Morgan fingerprint density at radius 3 is 3.22 bits per heavy atom. The summed E-state index contributed by atoms with van der Waals surface area (Å²) in [6, 6.07) is 3.85. The van der Waals surface area contributed by atoms with Crippen LogP contribution in [-0.4, -0.2) is 48.1 Å². The van der Waals surface area contributed by atoms with E-state index in [0.29, 0.717) is 32.7 Å². The molecule has 2 N–H and O–H groups in total. The molecule has 5 heteroatoms. The Morgan fingerprint density at radius 2 is 2.50 bits per heavy atom. The van der Waals surface area contributed by atoms with E-state index in [4.69, 9.17) is 10.5 Å². The molecule has 0 spiro atoms. The second kappa shape index (κ2) is 5.93. The molecule has 1 aliphatic heterocycles. The van der Waals surface area contributed by atoms with Gasteiger partial charge in [0.1, 0.15) is 0 Å². The molecule has 1 unspecified atom stereocenters. The minimum absolute atomic E-state index is 0.0347. The van der Waals surface area contributed by atoms with E-state index in [0.717, 1.165) is 11.3 Å². The lowest BCUT2D eigenvalue weighted by Crippen LogP contribution is -2.48. The van der Waals surface area contributed by atoms with Gasteiger partial charge in [-0.05, 0) is 18.6 Å². The van der Waals surface area contributed by atoms with Crippen LogP contribution < -0.4 is 5.73 Å². The molecule has 1 saturated heterocycles. The van der Waals surface area contributed by atoms with Gasteiger partial charge in [0.25, 0.3) is 0 Å². The van der Waals surface area contributed by atoms with E-state index in [1.54, 1.807) is 6.20 Å². The first-order valence-electron chi connectivity index (χ1n) is 6.20. The molecule has 2 rings (SSSR count). The molecule has 0 aromatic carbocycles. The zero-order valence-corrected chi connectivity index (χ0v) is 10.6. The Hall–Kier alpha value is -1.46. The van der Waals surface area contributed by atoms with E-state index < -0.39 is 0 Å². The molecule has 2 heterocycles. The van der Waals surface area contributed by atoms with E-state index in [2.05, 4.69) is 4.98 Å². The van der Waals surface area contributed by atoms with Crippen molar-refractivity contribution in [3.63, 3.8) is 0 Å². The fourth-order valence-electron chi connectivity index (χ4n) is 2.05. The molecule has 1 aromatic rings. The molecule has 18 heavy (non-hydrogen) atoms. The van der Waals surface area contributed by atoms with Gasteiger partial charge in [0.15, 0.2) is 0 Å². The summed E-state index contributed by atoms with van der Waals surface area (Å²) < 4.78 is 5.45. The lowest BCUT2D eigenvalue weighted by Gasteiger charge is -2.32. The standard InChI is InChI=1S/C13H19N3O2/c1-10-3-2-4-15-12(10)7-13(17)16-5-6-18-11(8-14)9-16/h2-4,11H,5-9,14H2,1H3. The van der Waals surface area contributed by atoms with Crippen molar-refractivity contribution in [3.8, 4) is 0 Å². The largest absolute Gasteiger partial charge is 0.373 e. The predicted molar refractivity (Wildman–Crippen MR) is 68.1 cm³/mol. The Bertz CT molecular complexity index is 422. The highest BCUT2D eigenvalue weighted by atomic mass is 16.5. The fourth-order valence-corrected chi connectivity index (χ4v) is 2.05. The Kier molecular flexibility index (Phi) is 4.28. The fraction of sp³-hybridized carbons (Fsp3) is 0.538. The monoisotopic (exact) mass is 249 g/mol. The van der Waals surface area contributed by atoms with Crippen molar-refractivity contribution in [2.75, 3.05) is 26.2 Å². The number of carbonyl (C=O) groups excluding carboxylic acids is 1. The number of rotatable bonds is 3. The van der Waals surface area contributed by atoms with Gasteiger partial charge in [-0.15, -0.1) is 0 Å². The number of pyridine rings is 1. The number of morpholine rings is 1. The van der Waals surface area contributed by atoms with Crippen LogP contribution in [0.15, 0.2) is 18.3 Å². The maximum Gasteiger partial charge on any atom is 0.228 e. The molecule has 0 radical (unpaired) electrons. The van der Waals surface area contributed by atoms with Crippen LogP contribution in [0.1, 0.15) is 11.3 Å². The molecule has 98 valence electrons. The number of aromatic nitrogens is 1. The third-order valence-electron chi connectivity index (χ3n) is 3.19. The van der Waals surface area contributed by atoms with Crippen LogP contribution in [0, 0.1) is 6.92 Å². The van der Waals surface area contributed by atoms with Crippen molar-refractivity contribution >= 4 is 5.91 Å². The molecule has 0 aliphatic carbocycles. The topological polar surface area (TPSA) is 68.5 Å². The van der Waals surface area contributed by atoms with Crippen LogP contribution in [0.3, 0.4) is 0 Å². The minimum atomic E-state index is -0.0347. The Morgan fingerprint density at radius 1 is 1.67 bits per heavy atom. The van der Waals surface area contributed by atoms with Crippen LogP contribution in [0.4, 0.5) is 0 Å². The smallest absolute Gasteiger partial charge is 0.228 e. The highest BCUT2D eigenvalue weighted by Gasteiger charge is 2.23. The average Bonchev–Trinajstić information content (AvgIpc) is 2.41. The van der Waals surface area contributed by atoms with E-state index >= 15 is 0 Å². The summed E-state index contributed by atoms with van der Waals surface area (Å²) >= 11 is 0. The van der Waals surface area contributed by atoms with Gasteiger partial charge in [-0.25, -0.2) is 0 Å². The number of amides is 1. The number of ether oxygens (including phenoxy) is 1.